The summed E-state index contributed by atoms with van der Waals surface area (Å²) in [5.74, 6) is 0.740. The maximum Gasteiger partial charge on any atom is 0.0698 e. The fraction of sp³-hybridized carbons (Fsp3) is 1.00. The van der Waals surface area contributed by atoms with Crippen LogP contribution in [0.25, 0.3) is 0 Å². The van der Waals surface area contributed by atoms with Crippen LogP contribution in [0.3, 0.4) is 0 Å². The summed E-state index contributed by atoms with van der Waals surface area (Å²) in [6.45, 7) is 9.20. The highest BCUT2D eigenvalue weighted by atomic mass is 16.5. The molecule has 0 aromatic heterocycles. The van der Waals surface area contributed by atoms with Crippen LogP contribution in [0.5, 0.6) is 0 Å². The first-order valence-corrected chi connectivity index (χ1v) is 8.42. The zero-order valence-corrected chi connectivity index (χ0v) is 13.8. The largest absolute Gasteiger partial charge is 0.391 e. The van der Waals surface area contributed by atoms with Gasteiger partial charge in [0.25, 0.3) is 0 Å². The van der Waals surface area contributed by atoms with Crippen LogP contribution in [-0.4, -0.2) is 48.5 Å². The van der Waals surface area contributed by atoms with Crippen LogP contribution in [0, 0.1) is 11.3 Å². The van der Waals surface area contributed by atoms with E-state index >= 15 is 0 Å². The van der Waals surface area contributed by atoms with E-state index in [1.54, 1.807) is 0 Å². The molecule has 1 saturated carbocycles. The van der Waals surface area contributed by atoms with Gasteiger partial charge in [0.05, 0.1) is 12.2 Å². The van der Waals surface area contributed by atoms with E-state index in [-0.39, 0.29) is 6.10 Å². The number of aliphatic hydroxyl groups excluding tert-OH is 1. The Balaban J connectivity index is 2.01. The van der Waals surface area contributed by atoms with Crippen molar-refractivity contribution in [2.75, 3.05) is 20.2 Å². The van der Waals surface area contributed by atoms with Gasteiger partial charge in [-0.1, -0.05) is 27.2 Å². The predicted molar refractivity (Wildman–Crippen MR) is 82.8 cm³/mol. The second-order valence-corrected chi connectivity index (χ2v) is 7.48. The third-order valence-corrected chi connectivity index (χ3v) is 6.01. The van der Waals surface area contributed by atoms with Crippen molar-refractivity contribution in [2.24, 2.45) is 11.3 Å². The summed E-state index contributed by atoms with van der Waals surface area (Å²) in [5, 5.41) is 10.5. The average molecular weight is 283 g/mol. The summed E-state index contributed by atoms with van der Waals surface area (Å²) in [6, 6.07) is 0.345. The Kier molecular flexibility index (Phi) is 5.49. The Labute approximate surface area is 124 Å². The molecule has 0 spiro atoms. The van der Waals surface area contributed by atoms with Crippen LogP contribution >= 0.6 is 0 Å². The lowest BCUT2D eigenvalue weighted by Gasteiger charge is -2.47. The Morgan fingerprint density at radius 1 is 1.25 bits per heavy atom. The third-order valence-electron chi connectivity index (χ3n) is 6.01. The molecule has 2 rings (SSSR count). The fourth-order valence-electron chi connectivity index (χ4n) is 3.98. The van der Waals surface area contributed by atoms with Crippen molar-refractivity contribution in [1.29, 1.82) is 0 Å². The lowest BCUT2D eigenvalue weighted by atomic mass is 9.67. The van der Waals surface area contributed by atoms with Gasteiger partial charge >= 0.3 is 0 Å². The Morgan fingerprint density at radius 2 is 2.00 bits per heavy atom. The first-order chi connectivity index (χ1) is 9.47. The lowest BCUT2D eigenvalue weighted by molar-refractivity contribution is -0.0548. The first kappa shape index (κ1) is 16.3. The van der Waals surface area contributed by atoms with E-state index < -0.39 is 0 Å². The number of likely N-dealkylation sites (tertiary alicyclic amines) is 1. The van der Waals surface area contributed by atoms with Crippen LogP contribution in [0.4, 0.5) is 0 Å². The predicted octanol–water partition coefficient (Wildman–Crippen LogP) is 3.06. The van der Waals surface area contributed by atoms with Crippen LogP contribution in [0.1, 0.15) is 59.3 Å². The van der Waals surface area contributed by atoms with E-state index in [4.69, 9.17) is 4.74 Å². The Hall–Kier alpha value is -0.120. The zero-order valence-electron chi connectivity index (χ0n) is 13.8. The quantitative estimate of drug-likeness (QED) is 0.860. The Morgan fingerprint density at radius 3 is 2.65 bits per heavy atom. The molecular formula is C17H33NO2. The number of ether oxygens (including phenoxy) is 1. The summed E-state index contributed by atoms with van der Waals surface area (Å²) >= 11 is 0. The molecule has 4 unspecified atom stereocenters. The van der Waals surface area contributed by atoms with E-state index in [2.05, 4.69) is 25.7 Å². The van der Waals surface area contributed by atoms with E-state index in [1.807, 2.05) is 7.11 Å². The van der Waals surface area contributed by atoms with Gasteiger partial charge in [-0.25, -0.2) is 0 Å². The normalized spacial score (nSPS) is 37.0. The molecule has 1 heterocycles. The molecule has 118 valence electrons. The highest BCUT2D eigenvalue weighted by molar-refractivity contribution is 4.93. The van der Waals surface area contributed by atoms with Gasteiger partial charge in [0, 0.05) is 19.7 Å². The molecule has 1 saturated heterocycles. The number of aliphatic hydroxyl groups is 1. The molecule has 0 aromatic rings. The van der Waals surface area contributed by atoms with E-state index in [9.17, 15) is 5.11 Å². The van der Waals surface area contributed by atoms with E-state index in [0.29, 0.717) is 17.6 Å². The zero-order chi connectivity index (χ0) is 14.8. The molecule has 3 heteroatoms. The molecule has 1 N–H and O–H groups in total. The number of hydrogen-bond acceptors (Lipinski definition) is 3. The monoisotopic (exact) mass is 283 g/mol. The van der Waals surface area contributed by atoms with Crippen molar-refractivity contribution in [3.63, 3.8) is 0 Å². The summed E-state index contributed by atoms with van der Waals surface area (Å²) in [4.78, 5) is 2.50. The first-order valence-electron chi connectivity index (χ1n) is 8.42. The van der Waals surface area contributed by atoms with Crippen LogP contribution in [-0.2, 0) is 4.74 Å². The van der Waals surface area contributed by atoms with Crippen LogP contribution < -0.4 is 0 Å². The number of nitrogens with zero attached hydrogens (tertiary/aromatic N) is 1. The molecule has 0 aromatic carbocycles. The SMILES string of the molecule is CCC(C)(C)C1CCC(O)C(N2CCCC(OC)C2)C1. The third kappa shape index (κ3) is 3.55. The average Bonchev–Trinajstić information content (AvgIpc) is 2.47. The second kappa shape index (κ2) is 6.76. The highest BCUT2D eigenvalue weighted by Crippen LogP contribution is 2.42. The highest BCUT2D eigenvalue weighted by Gasteiger charge is 2.40. The maximum absolute atomic E-state index is 10.5. The van der Waals surface area contributed by atoms with Gasteiger partial charge in [0.2, 0.25) is 0 Å². The number of methoxy groups -OCH3 is 1. The van der Waals surface area contributed by atoms with Crippen LogP contribution in [0.2, 0.25) is 0 Å². The fourth-order valence-corrected chi connectivity index (χ4v) is 3.98. The maximum atomic E-state index is 10.5. The van der Waals surface area contributed by atoms with Crippen molar-refractivity contribution in [3.8, 4) is 0 Å². The smallest absolute Gasteiger partial charge is 0.0698 e. The van der Waals surface area contributed by atoms with Gasteiger partial charge in [-0.05, 0) is 50.0 Å². The van der Waals surface area contributed by atoms with Gasteiger partial charge in [0.15, 0.2) is 0 Å². The second-order valence-electron chi connectivity index (χ2n) is 7.48. The molecule has 0 bridgehead atoms. The van der Waals surface area contributed by atoms with Crippen molar-refractivity contribution in [1.82, 2.24) is 4.90 Å². The van der Waals surface area contributed by atoms with Crippen molar-refractivity contribution in [2.45, 2.75) is 77.5 Å². The molecule has 20 heavy (non-hydrogen) atoms. The molecular weight excluding hydrogens is 250 g/mol. The summed E-state index contributed by atoms with van der Waals surface area (Å²) in [7, 11) is 1.81. The van der Waals surface area contributed by atoms with E-state index in [1.165, 1.54) is 25.7 Å². The minimum Gasteiger partial charge on any atom is -0.391 e. The number of piperidine rings is 1. The van der Waals surface area contributed by atoms with Crippen molar-refractivity contribution >= 4 is 0 Å². The molecule has 4 atom stereocenters. The van der Waals surface area contributed by atoms with Gasteiger partial charge in [-0.2, -0.15) is 0 Å². The van der Waals surface area contributed by atoms with Gasteiger partial charge in [-0.15, -0.1) is 0 Å². The summed E-state index contributed by atoms with van der Waals surface area (Å²) < 4.78 is 5.54. The van der Waals surface area contributed by atoms with Gasteiger partial charge in [-0.3, -0.25) is 4.90 Å². The summed E-state index contributed by atoms with van der Waals surface area (Å²) in [5.41, 5.74) is 0.398. The molecule has 1 aliphatic heterocycles. The van der Waals surface area contributed by atoms with Crippen LogP contribution in [0.15, 0.2) is 0 Å². The minimum atomic E-state index is -0.144. The molecule has 0 radical (unpaired) electrons. The number of rotatable bonds is 4. The van der Waals surface area contributed by atoms with E-state index in [0.717, 1.165) is 31.8 Å². The molecule has 3 nitrogen and oxygen atoms in total. The number of hydrogen-bond donors (Lipinski definition) is 1. The molecule has 0 amide bonds. The molecule has 1 aliphatic carbocycles. The van der Waals surface area contributed by atoms with Crippen molar-refractivity contribution < 1.29 is 9.84 Å². The Bertz CT molecular complexity index is 305. The standard InChI is InChI=1S/C17H33NO2/c1-5-17(2,3)13-8-9-16(19)15(11-13)18-10-6-7-14(12-18)20-4/h13-16,19H,5-12H2,1-4H3. The van der Waals surface area contributed by atoms with Gasteiger partial charge < -0.3 is 9.84 Å². The topological polar surface area (TPSA) is 32.7 Å². The lowest BCUT2D eigenvalue weighted by Crippen LogP contribution is -2.53. The van der Waals surface area contributed by atoms with Crippen molar-refractivity contribution in [3.05, 3.63) is 0 Å². The molecule has 2 fully saturated rings. The van der Waals surface area contributed by atoms with Gasteiger partial charge in [0.1, 0.15) is 0 Å². The summed E-state index contributed by atoms with van der Waals surface area (Å²) in [6.07, 6.45) is 7.10. The molecule has 2 aliphatic rings. The minimum absolute atomic E-state index is 0.144.